The number of pyridine rings is 1. The highest BCUT2D eigenvalue weighted by Gasteiger charge is 2.41. The van der Waals surface area contributed by atoms with Crippen LogP contribution in [0.15, 0.2) is 36.5 Å². The zero-order valence-corrected chi connectivity index (χ0v) is 16.7. The molecule has 1 unspecified atom stereocenters. The molecule has 7 nitrogen and oxygen atoms in total. The third kappa shape index (κ3) is 3.64. The van der Waals surface area contributed by atoms with E-state index in [2.05, 4.69) is 15.2 Å². The van der Waals surface area contributed by atoms with Crippen molar-refractivity contribution in [3.8, 4) is 5.75 Å². The van der Waals surface area contributed by atoms with E-state index in [0.29, 0.717) is 23.2 Å². The van der Waals surface area contributed by atoms with Crippen LogP contribution < -0.4 is 20.7 Å². The number of aromatic nitrogens is 1. The van der Waals surface area contributed by atoms with Gasteiger partial charge in [0, 0.05) is 35.4 Å². The summed E-state index contributed by atoms with van der Waals surface area (Å²) in [5.74, 6) is 1.07. The van der Waals surface area contributed by atoms with Crippen LogP contribution in [0.5, 0.6) is 5.75 Å². The number of benzene rings is 1. The van der Waals surface area contributed by atoms with Gasteiger partial charge < -0.3 is 20.7 Å². The van der Waals surface area contributed by atoms with Crippen molar-refractivity contribution < 1.29 is 14.3 Å². The highest BCUT2D eigenvalue weighted by atomic mass is 16.5. The van der Waals surface area contributed by atoms with Gasteiger partial charge in [-0.15, -0.1) is 0 Å². The SMILES string of the molecule is COc1cccc(C(=O)NC2C[C@H]3CC[C@@H](C2)N3c2ccc(C(N)=O)cn2)c1C. The molecule has 2 amide bonds. The van der Waals surface area contributed by atoms with E-state index in [4.69, 9.17) is 10.5 Å². The number of rotatable bonds is 5. The van der Waals surface area contributed by atoms with E-state index < -0.39 is 5.91 Å². The number of nitrogens with one attached hydrogen (secondary N) is 1. The number of primary amides is 1. The Bertz CT molecular complexity index is 914. The fraction of sp³-hybridized carbons (Fsp3) is 0.409. The molecule has 2 aromatic rings. The fourth-order valence-corrected chi connectivity index (χ4v) is 4.70. The summed E-state index contributed by atoms with van der Waals surface area (Å²) in [5.41, 5.74) is 7.23. The van der Waals surface area contributed by atoms with Crippen molar-refractivity contribution in [1.29, 1.82) is 0 Å². The Kier molecular flexibility index (Phi) is 5.13. The molecule has 152 valence electrons. The lowest BCUT2D eigenvalue weighted by molar-refractivity contribution is 0.0925. The van der Waals surface area contributed by atoms with Gasteiger partial charge in [0.2, 0.25) is 5.91 Å². The first-order valence-corrected chi connectivity index (χ1v) is 9.96. The van der Waals surface area contributed by atoms with Gasteiger partial charge in [0.25, 0.3) is 5.91 Å². The quantitative estimate of drug-likeness (QED) is 0.812. The van der Waals surface area contributed by atoms with E-state index in [1.165, 1.54) is 6.20 Å². The van der Waals surface area contributed by atoms with Crippen LogP contribution in [0.4, 0.5) is 5.82 Å². The van der Waals surface area contributed by atoms with Crippen molar-refractivity contribution in [3.63, 3.8) is 0 Å². The third-order valence-corrected chi connectivity index (χ3v) is 6.11. The summed E-state index contributed by atoms with van der Waals surface area (Å²) >= 11 is 0. The molecule has 0 radical (unpaired) electrons. The fourth-order valence-electron chi connectivity index (χ4n) is 4.70. The molecule has 2 aliphatic heterocycles. The van der Waals surface area contributed by atoms with E-state index in [1.54, 1.807) is 13.2 Å². The summed E-state index contributed by atoms with van der Waals surface area (Å²) in [6, 6.07) is 9.92. The molecule has 3 N–H and O–H groups in total. The summed E-state index contributed by atoms with van der Waals surface area (Å²) in [6.07, 6.45) is 5.45. The lowest BCUT2D eigenvalue weighted by Gasteiger charge is -2.40. The topological polar surface area (TPSA) is 97.5 Å². The largest absolute Gasteiger partial charge is 0.496 e. The first-order chi connectivity index (χ1) is 14.0. The van der Waals surface area contributed by atoms with Crippen LogP contribution in [-0.4, -0.2) is 42.0 Å². The van der Waals surface area contributed by atoms with Crippen LogP contribution >= 0.6 is 0 Å². The van der Waals surface area contributed by atoms with E-state index in [1.807, 2.05) is 31.2 Å². The first-order valence-electron chi connectivity index (χ1n) is 9.96. The van der Waals surface area contributed by atoms with E-state index in [-0.39, 0.29) is 11.9 Å². The molecule has 0 saturated carbocycles. The molecule has 3 atom stereocenters. The zero-order chi connectivity index (χ0) is 20.5. The van der Waals surface area contributed by atoms with Crippen LogP contribution in [0, 0.1) is 6.92 Å². The molecule has 29 heavy (non-hydrogen) atoms. The number of hydrogen-bond acceptors (Lipinski definition) is 5. The Morgan fingerprint density at radius 1 is 1.17 bits per heavy atom. The van der Waals surface area contributed by atoms with Crippen LogP contribution in [0.2, 0.25) is 0 Å². The van der Waals surface area contributed by atoms with Gasteiger partial charge in [0.1, 0.15) is 11.6 Å². The first kappa shape index (κ1) is 19.2. The van der Waals surface area contributed by atoms with E-state index >= 15 is 0 Å². The summed E-state index contributed by atoms with van der Waals surface area (Å²) in [5, 5.41) is 3.22. The number of methoxy groups -OCH3 is 1. The number of nitrogens with two attached hydrogens (primary N) is 1. The number of carbonyl (C=O) groups excluding carboxylic acids is 2. The second-order valence-corrected chi connectivity index (χ2v) is 7.84. The third-order valence-electron chi connectivity index (χ3n) is 6.11. The average molecular weight is 394 g/mol. The van der Waals surface area contributed by atoms with Crippen molar-refractivity contribution in [2.75, 3.05) is 12.0 Å². The van der Waals surface area contributed by atoms with Crippen molar-refractivity contribution in [1.82, 2.24) is 10.3 Å². The van der Waals surface area contributed by atoms with E-state index in [0.717, 1.165) is 42.8 Å². The lowest BCUT2D eigenvalue weighted by Crippen LogP contribution is -2.50. The number of hydrogen-bond donors (Lipinski definition) is 2. The van der Waals surface area contributed by atoms with Gasteiger partial charge in [0.15, 0.2) is 0 Å². The summed E-state index contributed by atoms with van der Waals surface area (Å²) in [6.45, 7) is 1.90. The number of carbonyl (C=O) groups is 2. The van der Waals surface area contributed by atoms with Gasteiger partial charge in [0.05, 0.1) is 12.7 Å². The van der Waals surface area contributed by atoms with Crippen molar-refractivity contribution in [2.24, 2.45) is 5.73 Å². The predicted molar refractivity (Wildman–Crippen MR) is 110 cm³/mol. The Morgan fingerprint density at radius 2 is 1.90 bits per heavy atom. The Hall–Kier alpha value is -3.09. The molecule has 2 fully saturated rings. The highest BCUT2D eigenvalue weighted by Crippen LogP contribution is 2.38. The minimum Gasteiger partial charge on any atom is -0.496 e. The molecule has 0 aliphatic carbocycles. The van der Waals surface area contributed by atoms with Gasteiger partial charge in [-0.2, -0.15) is 0 Å². The van der Waals surface area contributed by atoms with Gasteiger partial charge in [-0.05, 0) is 56.9 Å². The highest BCUT2D eigenvalue weighted by molar-refractivity contribution is 5.96. The Labute approximate surface area is 170 Å². The number of anilines is 1. The molecule has 2 bridgehead atoms. The molecule has 1 aromatic carbocycles. The number of piperidine rings is 1. The normalized spacial score (nSPS) is 23.0. The number of amides is 2. The number of ether oxygens (including phenoxy) is 1. The molecule has 2 aliphatic rings. The molecule has 0 spiro atoms. The summed E-state index contributed by atoms with van der Waals surface area (Å²) in [4.78, 5) is 30.9. The zero-order valence-electron chi connectivity index (χ0n) is 16.7. The Morgan fingerprint density at radius 3 is 2.48 bits per heavy atom. The van der Waals surface area contributed by atoms with Crippen LogP contribution in [0.1, 0.15) is 52.0 Å². The summed E-state index contributed by atoms with van der Waals surface area (Å²) < 4.78 is 5.33. The summed E-state index contributed by atoms with van der Waals surface area (Å²) in [7, 11) is 1.61. The number of fused-ring (bicyclic) bond motifs is 2. The van der Waals surface area contributed by atoms with Crippen molar-refractivity contribution in [2.45, 2.75) is 50.7 Å². The molecule has 1 aromatic heterocycles. The number of nitrogens with zero attached hydrogens (tertiary/aromatic N) is 2. The minimum atomic E-state index is -0.471. The second kappa shape index (κ2) is 7.73. The molecular formula is C22H26N4O3. The van der Waals surface area contributed by atoms with Crippen LogP contribution in [0.3, 0.4) is 0 Å². The maximum absolute atomic E-state index is 12.9. The van der Waals surface area contributed by atoms with E-state index in [9.17, 15) is 9.59 Å². The molecule has 2 saturated heterocycles. The maximum Gasteiger partial charge on any atom is 0.251 e. The predicted octanol–water partition coefficient (Wildman–Crippen LogP) is 2.43. The van der Waals surface area contributed by atoms with Gasteiger partial charge in [-0.1, -0.05) is 6.07 Å². The van der Waals surface area contributed by atoms with Gasteiger partial charge in [-0.25, -0.2) is 4.98 Å². The minimum absolute atomic E-state index is 0.0526. The molecule has 3 heterocycles. The van der Waals surface area contributed by atoms with Gasteiger partial charge >= 0.3 is 0 Å². The smallest absolute Gasteiger partial charge is 0.251 e. The second-order valence-electron chi connectivity index (χ2n) is 7.84. The lowest BCUT2D eigenvalue weighted by atomic mass is 9.96. The average Bonchev–Trinajstić information content (AvgIpc) is 2.98. The van der Waals surface area contributed by atoms with Crippen LogP contribution in [0.25, 0.3) is 0 Å². The molecular weight excluding hydrogens is 368 g/mol. The van der Waals surface area contributed by atoms with Crippen LogP contribution in [-0.2, 0) is 0 Å². The van der Waals surface area contributed by atoms with Crippen molar-refractivity contribution in [3.05, 3.63) is 53.2 Å². The monoisotopic (exact) mass is 394 g/mol. The maximum atomic E-state index is 12.9. The Balaban J connectivity index is 1.45. The van der Waals surface area contributed by atoms with Crippen molar-refractivity contribution >= 4 is 17.6 Å². The molecule has 7 heteroatoms. The standard InChI is InChI=1S/C22H26N4O3/c1-13-18(4-3-5-19(13)29-2)22(28)25-15-10-16-7-8-17(11-15)26(16)20-9-6-14(12-24-20)21(23)27/h3-6,9,12,15-17H,7-8,10-11H2,1-2H3,(H2,23,27)(H,25,28)/t15?,16-,17+. The molecule has 4 rings (SSSR count). The van der Waals surface area contributed by atoms with Gasteiger partial charge in [-0.3, -0.25) is 9.59 Å².